The SMILES string of the molecule is CC1(C)CSc2ccc(C=O)cc21. The summed E-state index contributed by atoms with van der Waals surface area (Å²) in [6.07, 6.45) is 0.916. The van der Waals surface area contributed by atoms with Crippen LogP contribution in [0.15, 0.2) is 23.1 Å². The monoisotopic (exact) mass is 192 g/mol. The number of hydrogen-bond acceptors (Lipinski definition) is 2. The fourth-order valence-corrected chi connectivity index (χ4v) is 2.94. The molecule has 2 heteroatoms. The zero-order chi connectivity index (χ0) is 9.47. The lowest BCUT2D eigenvalue weighted by molar-refractivity contribution is 0.112. The van der Waals surface area contributed by atoms with Gasteiger partial charge in [0.2, 0.25) is 0 Å². The van der Waals surface area contributed by atoms with E-state index >= 15 is 0 Å². The highest BCUT2D eigenvalue weighted by molar-refractivity contribution is 7.99. The second-order valence-electron chi connectivity index (χ2n) is 4.05. The van der Waals surface area contributed by atoms with Crippen molar-refractivity contribution < 1.29 is 4.79 Å². The van der Waals surface area contributed by atoms with E-state index in [9.17, 15) is 4.79 Å². The molecule has 0 aliphatic carbocycles. The number of benzene rings is 1. The van der Waals surface area contributed by atoms with Gasteiger partial charge in [0.1, 0.15) is 6.29 Å². The van der Waals surface area contributed by atoms with Crippen LogP contribution in [0.5, 0.6) is 0 Å². The maximum Gasteiger partial charge on any atom is 0.150 e. The quantitative estimate of drug-likeness (QED) is 0.636. The van der Waals surface area contributed by atoms with E-state index in [2.05, 4.69) is 19.9 Å². The van der Waals surface area contributed by atoms with Gasteiger partial charge in [0.05, 0.1) is 0 Å². The lowest BCUT2D eigenvalue weighted by Crippen LogP contribution is -2.15. The second-order valence-corrected chi connectivity index (χ2v) is 5.06. The fraction of sp³-hybridized carbons (Fsp3) is 0.364. The van der Waals surface area contributed by atoms with Crippen molar-refractivity contribution in [1.29, 1.82) is 0 Å². The lowest BCUT2D eigenvalue weighted by atomic mass is 9.86. The molecular weight excluding hydrogens is 180 g/mol. The van der Waals surface area contributed by atoms with Gasteiger partial charge in [-0.2, -0.15) is 0 Å². The van der Waals surface area contributed by atoms with E-state index in [4.69, 9.17) is 0 Å². The van der Waals surface area contributed by atoms with E-state index in [1.807, 2.05) is 23.9 Å². The van der Waals surface area contributed by atoms with Crippen LogP contribution < -0.4 is 0 Å². The molecule has 0 N–H and O–H groups in total. The van der Waals surface area contributed by atoms with Crippen molar-refractivity contribution in [2.45, 2.75) is 24.2 Å². The van der Waals surface area contributed by atoms with Gasteiger partial charge in [-0.15, -0.1) is 11.8 Å². The Bertz CT molecular complexity index is 355. The third kappa shape index (κ3) is 1.39. The fourth-order valence-electron chi connectivity index (χ4n) is 1.61. The van der Waals surface area contributed by atoms with Crippen LogP contribution >= 0.6 is 11.8 Å². The van der Waals surface area contributed by atoms with Gasteiger partial charge in [0.25, 0.3) is 0 Å². The Morgan fingerprint density at radius 2 is 2.23 bits per heavy atom. The molecule has 1 aliphatic rings. The number of rotatable bonds is 1. The highest BCUT2D eigenvalue weighted by atomic mass is 32.2. The molecule has 0 bridgehead atoms. The van der Waals surface area contributed by atoms with Crippen molar-refractivity contribution in [3.8, 4) is 0 Å². The van der Waals surface area contributed by atoms with Gasteiger partial charge in [0, 0.05) is 21.6 Å². The molecule has 1 nitrogen and oxygen atoms in total. The van der Waals surface area contributed by atoms with Crippen LogP contribution in [0.1, 0.15) is 29.8 Å². The van der Waals surface area contributed by atoms with Gasteiger partial charge in [-0.1, -0.05) is 19.9 Å². The smallest absolute Gasteiger partial charge is 0.150 e. The molecule has 0 atom stereocenters. The minimum absolute atomic E-state index is 0.221. The van der Waals surface area contributed by atoms with E-state index in [-0.39, 0.29) is 5.41 Å². The summed E-state index contributed by atoms with van der Waals surface area (Å²) in [6.45, 7) is 4.45. The molecule has 0 saturated carbocycles. The molecule has 0 radical (unpaired) electrons. The van der Waals surface area contributed by atoms with Crippen molar-refractivity contribution in [2.24, 2.45) is 0 Å². The first-order valence-corrected chi connectivity index (χ1v) is 5.34. The van der Waals surface area contributed by atoms with Crippen LogP contribution in [0.4, 0.5) is 0 Å². The Hall–Kier alpha value is -0.760. The van der Waals surface area contributed by atoms with Gasteiger partial charge in [0.15, 0.2) is 0 Å². The number of aldehydes is 1. The highest BCUT2D eigenvalue weighted by Gasteiger charge is 2.30. The van der Waals surface area contributed by atoms with Crippen LogP contribution in [0.25, 0.3) is 0 Å². The molecule has 0 spiro atoms. The van der Waals surface area contributed by atoms with Crippen molar-refractivity contribution in [1.82, 2.24) is 0 Å². The highest BCUT2D eigenvalue weighted by Crippen LogP contribution is 2.43. The summed E-state index contributed by atoms with van der Waals surface area (Å²) in [5, 5.41) is 0. The van der Waals surface area contributed by atoms with E-state index < -0.39 is 0 Å². The summed E-state index contributed by atoms with van der Waals surface area (Å²) in [7, 11) is 0. The van der Waals surface area contributed by atoms with Crippen molar-refractivity contribution in [3.05, 3.63) is 29.3 Å². The molecular formula is C11H12OS. The molecule has 0 aromatic heterocycles. The maximum absolute atomic E-state index is 10.6. The predicted molar refractivity (Wildman–Crippen MR) is 55.6 cm³/mol. The minimum atomic E-state index is 0.221. The van der Waals surface area contributed by atoms with Gasteiger partial charge in [-0.05, 0) is 17.7 Å². The standard InChI is InChI=1S/C11H12OS/c1-11(2)7-13-10-4-3-8(6-12)5-9(10)11/h3-6H,7H2,1-2H3. The summed E-state index contributed by atoms with van der Waals surface area (Å²) >= 11 is 1.88. The Labute approximate surface area is 82.5 Å². The first-order chi connectivity index (χ1) is 6.13. The van der Waals surface area contributed by atoms with Crippen LogP contribution in [-0.2, 0) is 5.41 Å². The number of fused-ring (bicyclic) bond motifs is 1. The molecule has 1 heterocycles. The summed E-state index contributed by atoms with van der Waals surface area (Å²) in [5.74, 6) is 1.12. The van der Waals surface area contributed by atoms with E-state index in [1.165, 1.54) is 10.5 Å². The molecule has 0 saturated heterocycles. The van der Waals surface area contributed by atoms with Crippen molar-refractivity contribution >= 4 is 18.0 Å². The number of hydrogen-bond donors (Lipinski definition) is 0. The largest absolute Gasteiger partial charge is 0.298 e. The normalized spacial score (nSPS) is 18.3. The Kier molecular flexibility index (Phi) is 1.95. The number of carbonyl (C=O) groups is 1. The van der Waals surface area contributed by atoms with Crippen LogP contribution in [-0.4, -0.2) is 12.0 Å². The first kappa shape index (κ1) is 8.82. The molecule has 13 heavy (non-hydrogen) atoms. The summed E-state index contributed by atoms with van der Waals surface area (Å²) in [5.41, 5.74) is 2.33. The third-order valence-corrected chi connectivity index (χ3v) is 3.99. The molecule has 0 unspecified atom stereocenters. The molecule has 0 fully saturated rings. The topological polar surface area (TPSA) is 17.1 Å². The van der Waals surface area contributed by atoms with Crippen molar-refractivity contribution in [2.75, 3.05) is 5.75 Å². The van der Waals surface area contributed by atoms with Crippen molar-refractivity contribution in [3.63, 3.8) is 0 Å². The summed E-state index contributed by atoms with van der Waals surface area (Å²) in [6, 6.07) is 5.96. The number of carbonyl (C=O) groups excluding carboxylic acids is 1. The van der Waals surface area contributed by atoms with Crippen LogP contribution in [0, 0.1) is 0 Å². The molecule has 2 rings (SSSR count). The van der Waals surface area contributed by atoms with E-state index in [0.717, 1.165) is 17.6 Å². The van der Waals surface area contributed by atoms with Gasteiger partial charge >= 0.3 is 0 Å². The van der Waals surface area contributed by atoms with E-state index in [0.29, 0.717) is 0 Å². The minimum Gasteiger partial charge on any atom is -0.298 e. The van der Waals surface area contributed by atoms with E-state index in [1.54, 1.807) is 0 Å². The zero-order valence-corrected chi connectivity index (χ0v) is 8.65. The first-order valence-electron chi connectivity index (χ1n) is 4.36. The van der Waals surface area contributed by atoms with Crippen LogP contribution in [0.2, 0.25) is 0 Å². The lowest BCUT2D eigenvalue weighted by Gasteiger charge is -2.17. The molecule has 0 amide bonds. The Morgan fingerprint density at radius 3 is 2.92 bits per heavy atom. The zero-order valence-electron chi connectivity index (χ0n) is 7.83. The number of thioether (sulfide) groups is 1. The van der Waals surface area contributed by atoms with Gasteiger partial charge in [-0.25, -0.2) is 0 Å². The second kappa shape index (κ2) is 2.88. The molecule has 1 aliphatic heterocycles. The Balaban J connectivity index is 2.55. The maximum atomic E-state index is 10.6. The predicted octanol–water partition coefficient (Wildman–Crippen LogP) is 2.88. The summed E-state index contributed by atoms with van der Waals surface area (Å²) in [4.78, 5) is 11.9. The average Bonchev–Trinajstić information content (AvgIpc) is 2.42. The molecule has 1 aromatic carbocycles. The van der Waals surface area contributed by atoms with Gasteiger partial charge < -0.3 is 0 Å². The third-order valence-electron chi connectivity index (χ3n) is 2.46. The molecule has 68 valence electrons. The molecule has 1 aromatic rings. The van der Waals surface area contributed by atoms with Crippen LogP contribution in [0.3, 0.4) is 0 Å². The Morgan fingerprint density at radius 1 is 1.46 bits per heavy atom. The summed E-state index contributed by atoms with van der Waals surface area (Å²) < 4.78 is 0. The van der Waals surface area contributed by atoms with Gasteiger partial charge in [-0.3, -0.25) is 4.79 Å². The average molecular weight is 192 g/mol.